The van der Waals surface area contributed by atoms with Gasteiger partial charge in [0.2, 0.25) is 0 Å². The molecule has 24 heavy (non-hydrogen) atoms. The quantitative estimate of drug-likeness (QED) is 0.827. The summed E-state index contributed by atoms with van der Waals surface area (Å²) < 4.78 is 5.18. The summed E-state index contributed by atoms with van der Waals surface area (Å²) >= 11 is 0. The number of para-hydroxylation sites is 1. The third-order valence-electron chi connectivity index (χ3n) is 3.69. The van der Waals surface area contributed by atoms with E-state index >= 15 is 0 Å². The van der Waals surface area contributed by atoms with E-state index in [1.165, 1.54) is 19.1 Å². The molecule has 1 atom stereocenters. The molecule has 0 fully saturated rings. The number of hydrogen-bond donors (Lipinski definition) is 2. The van der Waals surface area contributed by atoms with Crippen LogP contribution in [0.15, 0.2) is 42.5 Å². The van der Waals surface area contributed by atoms with E-state index in [1.54, 1.807) is 12.1 Å². The lowest BCUT2D eigenvalue weighted by molar-refractivity contribution is -0.152. The highest BCUT2D eigenvalue weighted by atomic mass is 16.5. The van der Waals surface area contributed by atoms with Crippen molar-refractivity contribution >= 4 is 17.6 Å². The minimum Gasteiger partial charge on any atom is -0.508 e. The largest absolute Gasteiger partial charge is 0.508 e. The van der Waals surface area contributed by atoms with Crippen molar-refractivity contribution in [1.29, 1.82) is 0 Å². The fraction of sp³-hybridized carbons (Fsp3) is 0.263. The van der Waals surface area contributed by atoms with Gasteiger partial charge in [0.15, 0.2) is 6.10 Å². The predicted molar refractivity (Wildman–Crippen MR) is 91.9 cm³/mol. The molecule has 2 N–H and O–H groups in total. The Morgan fingerprint density at radius 1 is 1.08 bits per heavy atom. The molecule has 0 saturated heterocycles. The monoisotopic (exact) mass is 327 g/mol. The molecule has 0 aliphatic rings. The van der Waals surface area contributed by atoms with Crippen molar-refractivity contribution in [3.63, 3.8) is 0 Å². The van der Waals surface area contributed by atoms with Crippen molar-refractivity contribution < 1.29 is 19.4 Å². The average Bonchev–Trinajstić information content (AvgIpc) is 2.53. The molecule has 0 unspecified atom stereocenters. The number of anilines is 1. The molecule has 0 aliphatic heterocycles. The zero-order valence-corrected chi connectivity index (χ0v) is 14.0. The lowest BCUT2D eigenvalue weighted by Gasteiger charge is -2.16. The minimum absolute atomic E-state index is 0.0429. The van der Waals surface area contributed by atoms with Gasteiger partial charge in [-0.3, -0.25) is 9.59 Å². The van der Waals surface area contributed by atoms with Crippen LogP contribution >= 0.6 is 0 Å². The third-order valence-corrected chi connectivity index (χ3v) is 3.69. The highest BCUT2D eigenvalue weighted by Gasteiger charge is 2.19. The van der Waals surface area contributed by atoms with E-state index in [9.17, 15) is 14.7 Å². The number of aryl methyl sites for hydroxylation is 2. The number of phenols is 1. The zero-order chi connectivity index (χ0) is 17.7. The number of ether oxygens (including phenoxy) is 1. The molecule has 0 aromatic heterocycles. The number of phenolic OH excluding ortho intramolecular Hbond substituents is 1. The molecule has 126 valence electrons. The number of nitrogens with one attached hydrogen (secondary N) is 1. The Morgan fingerprint density at radius 3 is 2.25 bits per heavy atom. The van der Waals surface area contributed by atoms with E-state index in [4.69, 9.17) is 4.74 Å². The number of rotatable bonds is 5. The summed E-state index contributed by atoms with van der Waals surface area (Å²) in [5.41, 5.74) is 3.35. The standard InChI is InChI=1S/C19H21NO4/c1-12-5-4-6-13(2)18(12)20-19(23)14(3)24-17(22)11-15-7-9-16(21)10-8-15/h4-10,14,21H,11H2,1-3H3,(H,20,23)/t14-/m0/s1. The van der Waals surface area contributed by atoms with Crippen LogP contribution in [0.1, 0.15) is 23.6 Å². The topological polar surface area (TPSA) is 75.6 Å². The van der Waals surface area contributed by atoms with E-state index in [1.807, 2.05) is 32.0 Å². The minimum atomic E-state index is -0.895. The van der Waals surface area contributed by atoms with Crippen molar-refractivity contribution in [3.8, 4) is 5.75 Å². The predicted octanol–water partition coefficient (Wildman–Crippen LogP) is 3.12. The molecule has 0 saturated carbocycles. The van der Waals surface area contributed by atoms with Crippen molar-refractivity contribution in [3.05, 3.63) is 59.2 Å². The first-order chi connectivity index (χ1) is 11.4. The van der Waals surface area contributed by atoms with E-state index in [0.29, 0.717) is 5.56 Å². The van der Waals surface area contributed by atoms with Crippen LogP contribution in [0, 0.1) is 13.8 Å². The van der Waals surface area contributed by atoms with Crippen molar-refractivity contribution in [2.24, 2.45) is 0 Å². The number of amides is 1. The summed E-state index contributed by atoms with van der Waals surface area (Å²) in [7, 11) is 0. The van der Waals surface area contributed by atoms with Crippen LogP contribution in [0.25, 0.3) is 0 Å². The number of aromatic hydroxyl groups is 1. The number of esters is 1. The van der Waals surface area contributed by atoms with Gasteiger partial charge in [-0.2, -0.15) is 0 Å². The summed E-state index contributed by atoms with van der Waals surface area (Å²) in [6.45, 7) is 5.35. The Morgan fingerprint density at radius 2 is 1.67 bits per heavy atom. The molecule has 1 amide bonds. The Hall–Kier alpha value is -2.82. The molecule has 2 rings (SSSR count). The van der Waals surface area contributed by atoms with Gasteiger partial charge >= 0.3 is 5.97 Å². The maximum atomic E-state index is 12.2. The summed E-state index contributed by atoms with van der Waals surface area (Å²) in [5.74, 6) is -0.732. The summed E-state index contributed by atoms with van der Waals surface area (Å²) in [5, 5.41) is 12.0. The van der Waals surface area contributed by atoms with Gasteiger partial charge in [-0.05, 0) is 49.6 Å². The van der Waals surface area contributed by atoms with Gasteiger partial charge in [-0.1, -0.05) is 30.3 Å². The van der Waals surface area contributed by atoms with Gasteiger partial charge in [-0.15, -0.1) is 0 Å². The first kappa shape index (κ1) is 17.5. The Kier molecular flexibility index (Phi) is 5.58. The Labute approximate surface area is 141 Å². The van der Waals surface area contributed by atoms with Crippen LogP contribution in [0.4, 0.5) is 5.69 Å². The molecule has 2 aromatic rings. The maximum absolute atomic E-state index is 12.2. The fourth-order valence-corrected chi connectivity index (χ4v) is 2.31. The normalized spacial score (nSPS) is 11.6. The van der Waals surface area contributed by atoms with Gasteiger partial charge in [0.05, 0.1) is 6.42 Å². The van der Waals surface area contributed by atoms with Crippen LogP contribution in [0.2, 0.25) is 0 Å². The Balaban J connectivity index is 1.93. The fourth-order valence-electron chi connectivity index (χ4n) is 2.31. The molecule has 5 nitrogen and oxygen atoms in total. The molecular formula is C19H21NO4. The highest BCUT2D eigenvalue weighted by molar-refractivity contribution is 5.96. The molecule has 2 aromatic carbocycles. The molecule has 0 aliphatic carbocycles. The maximum Gasteiger partial charge on any atom is 0.311 e. The van der Waals surface area contributed by atoms with Gasteiger partial charge in [0.1, 0.15) is 5.75 Å². The molecular weight excluding hydrogens is 306 g/mol. The second-order valence-corrected chi connectivity index (χ2v) is 5.73. The molecule has 0 heterocycles. The van der Waals surface area contributed by atoms with Crippen LogP contribution in [-0.2, 0) is 20.7 Å². The SMILES string of the molecule is Cc1cccc(C)c1NC(=O)[C@H](C)OC(=O)Cc1ccc(O)cc1. The van der Waals surface area contributed by atoms with Crippen LogP contribution in [-0.4, -0.2) is 23.1 Å². The van der Waals surface area contributed by atoms with Gasteiger partial charge in [0.25, 0.3) is 5.91 Å². The van der Waals surface area contributed by atoms with E-state index < -0.39 is 12.1 Å². The molecule has 0 spiro atoms. The average molecular weight is 327 g/mol. The molecule has 5 heteroatoms. The molecule has 0 radical (unpaired) electrons. The van der Waals surface area contributed by atoms with E-state index in [2.05, 4.69) is 5.32 Å². The summed E-state index contributed by atoms with van der Waals surface area (Å²) in [6, 6.07) is 12.0. The van der Waals surface area contributed by atoms with E-state index in [-0.39, 0.29) is 18.1 Å². The van der Waals surface area contributed by atoms with Crippen LogP contribution in [0.3, 0.4) is 0 Å². The highest BCUT2D eigenvalue weighted by Crippen LogP contribution is 2.20. The van der Waals surface area contributed by atoms with Gasteiger partial charge < -0.3 is 15.2 Å². The summed E-state index contributed by atoms with van der Waals surface area (Å²) in [4.78, 5) is 24.2. The number of carbonyl (C=O) groups excluding carboxylic acids is 2. The Bertz CT molecular complexity index is 717. The number of hydrogen-bond acceptors (Lipinski definition) is 4. The third kappa shape index (κ3) is 4.59. The van der Waals surface area contributed by atoms with Gasteiger partial charge in [0, 0.05) is 5.69 Å². The number of benzene rings is 2. The summed E-state index contributed by atoms with van der Waals surface area (Å²) in [6.07, 6.45) is -0.852. The number of carbonyl (C=O) groups is 2. The van der Waals surface area contributed by atoms with E-state index in [0.717, 1.165) is 16.8 Å². The lowest BCUT2D eigenvalue weighted by Crippen LogP contribution is -2.31. The molecule has 0 bridgehead atoms. The van der Waals surface area contributed by atoms with Crippen LogP contribution < -0.4 is 5.32 Å². The zero-order valence-electron chi connectivity index (χ0n) is 14.0. The van der Waals surface area contributed by atoms with Gasteiger partial charge in [-0.25, -0.2) is 0 Å². The van der Waals surface area contributed by atoms with Crippen molar-refractivity contribution in [2.75, 3.05) is 5.32 Å². The second-order valence-electron chi connectivity index (χ2n) is 5.73. The first-order valence-corrected chi connectivity index (χ1v) is 7.71. The second kappa shape index (κ2) is 7.64. The first-order valence-electron chi connectivity index (χ1n) is 7.71. The lowest BCUT2D eigenvalue weighted by atomic mass is 10.1. The smallest absolute Gasteiger partial charge is 0.311 e. The van der Waals surface area contributed by atoms with Crippen molar-refractivity contribution in [1.82, 2.24) is 0 Å². The van der Waals surface area contributed by atoms with Crippen LogP contribution in [0.5, 0.6) is 5.75 Å². The van der Waals surface area contributed by atoms with Crippen molar-refractivity contribution in [2.45, 2.75) is 33.3 Å².